The minimum absolute atomic E-state index is 0.147. The Morgan fingerprint density at radius 2 is 1.68 bits per heavy atom. The van der Waals surface area contributed by atoms with Gasteiger partial charge in [-0.1, -0.05) is 17.7 Å². The Balaban J connectivity index is 1.47. The highest BCUT2D eigenvalue weighted by Crippen LogP contribution is 2.20. The van der Waals surface area contributed by atoms with Crippen molar-refractivity contribution in [1.29, 1.82) is 0 Å². The molecule has 0 aliphatic heterocycles. The molecule has 0 radical (unpaired) electrons. The zero-order valence-corrected chi connectivity index (χ0v) is 18.5. The second-order valence-electron chi connectivity index (χ2n) is 7.27. The number of hydrogen-bond acceptors (Lipinski definition) is 4. The van der Waals surface area contributed by atoms with Gasteiger partial charge < -0.3 is 10.6 Å². The van der Waals surface area contributed by atoms with E-state index < -0.39 is 0 Å². The summed E-state index contributed by atoms with van der Waals surface area (Å²) in [4.78, 5) is 24.3. The van der Waals surface area contributed by atoms with E-state index in [9.17, 15) is 14.0 Å². The molecule has 6 nitrogen and oxygen atoms in total. The molecule has 0 fully saturated rings. The molecule has 0 bridgehead atoms. The second kappa shape index (κ2) is 10.3. The molecule has 0 aliphatic carbocycles. The van der Waals surface area contributed by atoms with Gasteiger partial charge in [0.05, 0.1) is 29.4 Å². The number of aromatic nitrogens is 2. The van der Waals surface area contributed by atoms with Crippen molar-refractivity contribution in [2.24, 2.45) is 0 Å². The van der Waals surface area contributed by atoms with Gasteiger partial charge >= 0.3 is 0 Å². The number of benzene rings is 2. The number of anilines is 1. The summed E-state index contributed by atoms with van der Waals surface area (Å²) in [6.07, 6.45) is 1.70. The molecule has 162 valence electrons. The first-order valence-corrected chi connectivity index (χ1v) is 11.0. The fourth-order valence-corrected chi connectivity index (χ4v) is 3.75. The fourth-order valence-electron chi connectivity index (χ4n) is 3.12. The lowest BCUT2D eigenvalue weighted by atomic mass is 10.1. The molecular formula is C23H25FN4O2S. The smallest absolute Gasteiger partial charge is 0.234 e. The third kappa shape index (κ3) is 6.18. The van der Waals surface area contributed by atoms with Crippen molar-refractivity contribution in [3.8, 4) is 5.69 Å². The Morgan fingerprint density at radius 3 is 2.35 bits per heavy atom. The number of rotatable bonds is 8. The molecule has 1 aromatic heterocycles. The molecule has 2 N–H and O–H groups in total. The third-order valence-corrected chi connectivity index (χ3v) is 5.70. The summed E-state index contributed by atoms with van der Waals surface area (Å²) in [5, 5.41) is 10.1. The van der Waals surface area contributed by atoms with Gasteiger partial charge in [0.15, 0.2) is 0 Å². The topological polar surface area (TPSA) is 76.0 Å². The predicted molar refractivity (Wildman–Crippen MR) is 122 cm³/mol. The number of hydrogen-bond donors (Lipinski definition) is 2. The first-order valence-electron chi connectivity index (χ1n) is 9.87. The van der Waals surface area contributed by atoms with Crippen LogP contribution in [0.5, 0.6) is 0 Å². The summed E-state index contributed by atoms with van der Waals surface area (Å²) in [6.45, 7) is 5.76. The minimum atomic E-state index is -0.306. The van der Waals surface area contributed by atoms with Gasteiger partial charge in [-0.25, -0.2) is 9.07 Å². The number of carbonyl (C=O) groups excluding carboxylic acids is 2. The van der Waals surface area contributed by atoms with E-state index in [-0.39, 0.29) is 35.2 Å². The molecule has 1 heterocycles. The second-order valence-corrected chi connectivity index (χ2v) is 8.26. The van der Waals surface area contributed by atoms with Gasteiger partial charge in [0, 0.05) is 16.9 Å². The number of carbonyl (C=O) groups is 2. The molecular weight excluding hydrogens is 415 g/mol. The minimum Gasteiger partial charge on any atom is -0.349 e. The summed E-state index contributed by atoms with van der Waals surface area (Å²) < 4.78 is 14.9. The molecule has 2 amide bonds. The highest BCUT2D eigenvalue weighted by molar-refractivity contribution is 8.00. The molecule has 0 saturated carbocycles. The van der Waals surface area contributed by atoms with Crippen molar-refractivity contribution >= 4 is 29.3 Å². The summed E-state index contributed by atoms with van der Waals surface area (Å²) >= 11 is 1.26. The van der Waals surface area contributed by atoms with Crippen molar-refractivity contribution in [3.05, 3.63) is 77.4 Å². The quantitative estimate of drug-likeness (QED) is 0.551. The number of nitrogens with zero attached hydrogens (tertiary/aromatic N) is 2. The summed E-state index contributed by atoms with van der Waals surface area (Å²) in [5.41, 5.74) is 4.35. The Bertz CT molecular complexity index is 1050. The van der Waals surface area contributed by atoms with Crippen molar-refractivity contribution in [1.82, 2.24) is 15.1 Å². The molecule has 31 heavy (non-hydrogen) atoms. The first kappa shape index (κ1) is 22.6. The molecule has 8 heteroatoms. The van der Waals surface area contributed by atoms with Gasteiger partial charge in [0.1, 0.15) is 5.82 Å². The van der Waals surface area contributed by atoms with Gasteiger partial charge in [-0.05, 0) is 57.2 Å². The lowest BCUT2D eigenvalue weighted by molar-refractivity contribution is -0.119. The van der Waals surface area contributed by atoms with Crippen LogP contribution in [0.3, 0.4) is 0 Å². The van der Waals surface area contributed by atoms with Crippen LogP contribution in [0, 0.1) is 19.7 Å². The van der Waals surface area contributed by atoms with Crippen LogP contribution in [-0.2, 0) is 9.59 Å². The molecule has 1 unspecified atom stereocenters. The van der Waals surface area contributed by atoms with E-state index in [1.165, 1.54) is 23.9 Å². The van der Waals surface area contributed by atoms with Gasteiger partial charge in [-0.15, -0.1) is 11.8 Å². The van der Waals surface area contributed by atoms with E-state index in [1.54, 1.807) is 23.0 Å². The Morgan fingerprint density at radius 1 is 1.03 bits per heavy atom. The standard InChI is InChI=1S/C23H25FN4O2S/c1-15-4-8-19(9-5-15)27-23(30)14-31-13-22(29)26-16(2)21-12-25-28(17(21)3)20-10-6-18(24)7-11-20/h4-12,16H,13-14H2,1-3H3,(H,26,29)(H,27,30). The maximum absolute atomic E-state index is 13.2. The largest absolute Gasteiger partial charge is 0.349 e. The van der Waals surface area contributed by atoms with Crippen LogP contribution in [0.2, 0.25) is 0 Å². The van der Waals surface area contributed by atoms with Crippen molar-refractivity contribution in [3.63, 3.8) is 0 Å². The number of amides is 2. The molecule has 3 rings (SSSR count). The summed E-state index contributed by atoms with van der Waals surface area (Å²) in [7, 11) is 0. The van der Waals surface area contributed by atoms with Crippen LogP contribution in [0.15, 0.2) is 54.7 Å². The highest BCUT2D eigenvalue weighted by atomic mass is 32.2. The predicted octanol–water partition coefficient (Wildman–Crippen LogP) is 4.18. The Kier molecular flexibility index (Phi) is 7.46. The van der Waals surface area contributed by atoms with E-state index in [2.05, 4.69) is 15.7 Å². The SMILES string of the molecule is Cc1ccc(NC(=O)CSCC(=O)NC(C)c2cnn(-c3ccc(F)cc3)c2C)cc1. The Labute approximate surface area is 185 Å². The fraction of sp³-hybridized carbons (Fsp3) is 0.261. The molecule has 0 spiro atoms. The zero-order chi connectivity index (χ0) is 22.4. The van der Waals surface area contributed by atoms with Crippen LogP contribution in [0.1, 0.15) is 29.8 Å². The van der Waals surface area contributed by atoms with E-state index >= 15 is 0 Å². The molecule has 0 aliphatic rings. The molecule has 0 saturated heterocycles. The van der Waals surface area contributed by atoms with Gasteiger partial charge in [-0.3, -0.25) is 9.59 Å². The maximum atomic E-state index is 13.2. The highest BCUT2D eigenvalue weighted by Gasteiger charge is 2.16. The van der Waals surface area contributed by atoms with Crippen molar-refractivity contribution < 1.29 is 14.0 Å². The van der Waals surface area contributed by atoms with Crippen LogP contribution in [0.25, 0.3) is 5.69 Å². The number of thioether (sulfide) groups is 1. The molecule has 1 atom stereocenters. The van der Waals surface area contributed by atoms with Gasteiger partial charge in [0.25, 0.3) is 0 Å². The number of aryl methyl sites for hydroxylation is 1. The maximum Gasteiger partial charge on any atom is 0.234 e. The van der Waals surface area contributed by atoms with Crippen LogP contribution in [-0.4, -0.2) is 33.1 Å². The van der Waals surface area contributed by atoms with Crippen molar-refractivity contribution in [2.45, 2.75) is 26.8 Å². The average Bonchev–Trinajstić information content (AvgIpc) is 3.12. The van der Waals surface area contributed by atoms with Crippen LogP contribution in [0.4, 0.5) is 10.1 Å². The van der Waals surface area contributed by atoms with Crippen LogP contribution < -0.4 is 10.6 Å². The molecule has 3 aromatic rings. The van der Waals surface area contributed by atoms with E-state index in [1.807, 2.05) is 45.0 Å². The number of halogens is 1. The Hall–Kier alpha value is -3.13. The van der Waals surface area contributed by atoms with E-state index in [0.29, 0.717) is 0 Å². The lowest BCUT2D eigenvalue weighted by Crippen LogP contribution is -2.29. The monoisotopic (exact) mass is 440 g/mol. The number of nitrogens with one attached hydrogen (secondary N) is 2. The van der Waals surface area contributed by atoms with Gasteiger partial charge in [0.2, 0.25) is 11.8 Å². The normalized spacial score (nSPS) is 11.7. The van der Waals surface area contributed by atoms with Gasteiger partial charge in [-0.2, -0.15) is 5.10 Å². The summed E-state index contributed by atoms with van der Waals surface area (Å²) in [5.74, 6) is -0.242. The molecule has 2 aromatic carbocycles. The van der Waals surface area contributed by atoms with E-state index in [0.717, 1.165) is 28.2 Å². The van der Waals surface area contributed by atoms with Crippen molar-refractivity contribution in [2.75, 3.05) is 16.8 Å². The lowest BCUT2D eigenvalue weighted by Gasteiger charge is -2.14. The summed E-state index contributed by atoms with van der Waals surface area (Å²) in [6, 6.07) is 13.4. The zero-order valence-electron chi connectivity index (χ0n) is 17.7. The average molecular weight is 441 g/mol. The third-order valence-electron chi connectivity index (χ3n) is 4.76. The first-order chi connectivity index (χ1) is 14.8. The van der Waals surface area contributed by atoms with E-state index in [4.69, 9.17) is 0 Å². The van der Waals surface area contributed by atoms with Crippen LogP contribution >= 0.6 is 11.8 Å².